The van der Waals surface area contributed by atoms with Gasteiger partial charge in [0.05, 0.1) is 12.7 Å². The van der Waals surface area contributed by atoms with Crippen molar-refractivity contribution in [3.63, 3.8) is 0 Å². The van der Waals surface area contributed by atoms with E-state index >= 15 is 0 Å². The Labute approximate surface area is 103 Å². The Bertz CT molecular complexity index is 549. The Morgan fingerprint density at radius 1 is 1.50 bits per heavy atom. The zero-order valence-electron chi connectivity index (χ0n) is 10.1. The third-order valence-electron chi connectivity index (χ3n) is 3.09. The smallest absolute Gasteiger partial charge is 0.330 e. The molecule has 1 unspecified atom stereocenters. The van der Waals surface area contributed by atoms with Crippen LogP contribution in [0.15, 0.2) is 15.8 Å². The standard InChI is InChI=1S/C11H15N2O5/c1-5-3-13(11(17)12-9(5)16)10-6(2)8(15)7(4-14)18-10/h3,6-8,14-15H,4H2,1-2H3,(H,12,16,17)/t6?,7-,8+/m1/s1. The summed E-state index contributed by atoms with van der Waals surface area (Å²) < 4.78 is 6.51. The maximum Gasteiger partial charge on any atom is 0.330 e. The van der Waals surface area contributed by atoms with Gasteiger partial charge in [-0.1, -0.05) is 6.92 Å². The number of aryl methyl sites for hydroxylation is 1. The molecular weight excluding hydrogens is 240 g/mol. The van der Waals surface area contributed by atoms with Gasteiger partial charge in [-0.2, -0.15) is 0 Å². The van der Waals surface area contributed by atoms with E-state index in [1.165, 1.54) is 6.20 Å². The first-order valence-corrected chi connectivity index (χ1v) is 5.61. The molecule has 0 aromatic carbocycles. The molecule has 1 aliphatic heterocycles. The van der Waals surface area contributed by atoms with Crippen molar-refractivity contribution in [2.24, 2.45) is 5.92 Å². The molecule has 7 heteroatoms. The van der Waals surface area contributed by atoms with Crippen LogP contribution in [0.1, 0.15) is 12.5 Å². The minimum absolute atomic E-state index is 0.228. The first-order chi connectivity index (χ1) is 8.45. The van der Waals surface area contributed by atoms with Gasteiger partial charge in [0.25, 0.3) is 5.56 Å². The molecule has 0 amide bonds. The quantitative estimate of drug-likeness (QED) is 0.601. The maximum atomic E-state index is 11.7. The largest absolute Gasteiger partial charge is 0.394 e. The highest BCUT2D eigenvalue weighted by atomic mass is 16.5. The van der Waals surface area contributed by atoms with Gasteiger partial charge >= 0.3 is 5.69 Å². The normalized spacial score (nSPS) is 28.8. The van der Waals surface area contributed by atoms with Gasteiger partial charge in [-0.25, -0.2) is 4.79 Å². The summed E-state index contributed by atoms with van der Waals surface area (Å²) in [6.45, 7) is 2.91. The van der Waals surface area contributed by atoms with Gasteiger partial charge in [-0.3, -0.25) is 14.3 Å². The average Bonchev–Trinajstić information content (AvgIpc) is 2.61. The van der Waals surface area contributed by atoms with E-state index in [1.807, 2.05) is 0 Å². The zero-order chi connectivity index (χ0) is 13.4. The molecule has 18 heavy (non-hydrogen) atoms. The first kappa shape index (κ1) is 13.0. The van der Waals surface area contributed by atoms with Crippen LogP contribution < -0.4 is 11.2 Å². The summed E-state index contributed by atoms with van der Waals surface area (Å²) >= 11 is 0. The molecule has 1 aromatic rings. The molecule has 3 N–H and O–H groups in total. The average molecular weight is 255 g/mol. The molecule has 1 aliphatic rings. The van der Waals surface area contributed by atoms with E-state index in [4.69, 9.17) is 9.84 Å². The summed E-state index contributed by atoms with van der Waals surface area (Å²) in [6.07, 6.45) is -0.0522. The molecule has 1 aromatic heterocycles. The number of ether oxygens (including phenoxy) is 1. The highest BCUT2D eigenvalue weighted by Gasteiger charge is 2.43. The lowest BCUT2D eigenvalue weighted by Crippen LogP contribution is -2.35. The van der Waals surface area contributed by atoms with Crippen molar-refractivity contribution >= 4 is 0 Å². The van der Waals surface area contributed by atoms with Crippen molar-refractivity contribution in [1.82, 2.24) is 9.55 Å². The molecule has 2 heterocycles. The van der Waals surface area contributed by atoms with Gasteiger partial charge in [0.2, 0.25) is 6.23 Å². The highest BCUT2D eigenvalue weighted by molar-refractivity contribution is 5.08. The van der Waals surface area contributed by atoms with Crippen LogP contribution in [0.3, 0.4) is 0 Å². The Morgan fingerprint density at radius 2 is 2.17 bits per heavy atom. The van der Waals surface area contributed by atoms with Crippen molar-refractivity contribution in [3.8, 4) is 0 Å². The van der Waals surface area contributed by atoms with Crippen LogP contribution in [0.5, 0.6) is 0 Å². The van der Waals surface area contributed by atoms with Crippen LogP contribution in [-0.4, -0.2) is 38.6 Å². The molecular formula is C11H15N2O5. The van der Waals surface area contributed by atoms with Crippen molar-refractivity contribution in [1.29, 1.82) is 0 Å². The lowest BCUT2D eigenvalue weighted by Gasteiger charge is -2.16. The number of aliphatic hydroxyl groups is 2. The van der Waals surface area contributed by atoms with E-state index in [9.17, 15) is 14.7 Å². The van der Waals surface area contributed by atoms with E-state index in [2.05, 4.69) is 4.98 Å². The fourth-order valence-electron chi connectivity index (χ4n) is 1.95. The number of nitrogens with zero attached hydrogens (tertiary/aromatic N) is 1. The van der Waals surface area contributed by atoms with Crippen molar-refractivity contribution in [2.75, 3.05) is 6.61 Å². The van der Waals surface area contributed by atoms with Crippen LogP contribution in [0.2, 0.25) is 0 Å². The van der Waals surface area contributed by atoms with Gasteiger partial charge in [0, 0.05) is 17.7 Å². The second-order valence-electron chi connectivity index (χ2n) is 4.40. The number of nitrogens with one attached hydrogen (secondary N) is 1. The second-order valence-corrected chi connectivity index (χ2v) is 4.40. The summed E-state index contributed by atoms with van der Waals surface area (Å²) in [4.78, 5) is 25.1. The summed E-state index contributed by atoms with van der Waals surface area (Å²) in [5, 5.41) is 18.9. The van der Waals surface area contributed by atoms with Gasteiger partial charge in [0.15, 0.2) is 0 Å². The van der Waals surface area contributed by atoms with E-state index in [1.54, 1.807) is 13.8 Å². The molecule has 3 atom stereocenters. The van der Waals surface area contributed by atoms with Crippen LogP contribution in [-0.2, 0) is 4.74 Å². The minimum atomic E-state index is -0.885. The van der Waals surface area contributed by atoms with Gasteiger partial charge < -0.3 is 14.9 Å². The summed E-state index contributed by atoms with van der Waals surface area (Å²) in [7, 11) is 0. The Kier molecular flexibility index (Phi) is 3.38. The lowest BCUT2D eigenvalue weighted by atomic mass is 10.0. The topological polar surface area (TPSA) is 105 Å². The molecule has 7 nitrogen and oxygen atoms in total. The number of rotatable bonds is 2. The molecule has 0 spiro atoms. The molecule has 99 valence electrons. The number of H-pyrrole nitrogens is 1. The summed E-state index contributed by atoms with van der Waals surface area (Å²) in [5.41, 5.74) is -0.722. The fourth-order valence-corrected chi connectivity index (χ4v) is 1.95. The van der Waals surface area contributed by atoms with Crippen molar-refractivity contribution < 1.29 is 14.9 Å². The maximum absolute atomic E-state index is 11.7. The van der Waals surface area contributed by atoms with Crippen LogP contribution in [0, 0.1) is 19.1 Å². The molecule has 0 bridgehead atoms. The molecule has 0 saturated carbocycles. The SMILES string of the molecule is Cc1cn([C]2O[C@H](CO)[C@@H](O)C2C)c(=O)[nH]c1=O. The molecule has 1 saturated heterocycles. The predicted octanol–water partition coefficient (Wildman–Crippen LogP) is -1.43. The van der Waals surface area contributed by atoms with E-state index in [0.29, 0.717) is 5.56 Å². The highest BCUT2D eigenvalue weighted by Crippen LogP contribution is 2.32. The van der Waals surface area contributed by atoms with Crippen molar-refractivity contribution in [2.45, 2.75) is 26.1 Å². The van der Waals surface area contributed by atoms with Gasteiger partial charge in [-0.15, -0.1) is 0 Å². The van der Waals surface area contributed by atoms with E-state index in [-0.39, 0.29) is 12.8 Å². The van der Waals surface area contributed by atoms with Crippen LogP contribution in [0.4, 0.5) is 0 Å². The number of aromatic nitrogens is 2. The second kappa shape index (κ2) is 4.68. The third-order valence-corrected chi connectivity index (χ3v) is 3.09. The Balaban J connectivity index is 2.42. The number of aromatic amines is 1. The first-order valence-electron chi connectivity index (χ1n) is 5.61. The molecule has 1 radical (unpaired) electrons. The molecule has 2 rings (SSSR count). The Hall–Kier alpha value is -1.44. The van der Waals surface area contributed by atoms with Crippen molar-refractivity contribution in [3.05, 3.63) is 38.8 Å². The van der Waals surface area contributed by atoms with E-state index in [0.717, 1.165) is 4.57 Å². The summed E-state index contributed by atoms with van der Waals surface area (Å²) in [6, 6.07) is 0. The minimum Gasteiger partial charge on any atom is -0.394 e. The number of hydrogen-bond acceptors (Lipinski definition) is 5. The zero-order valence-corrected chi connectivity index (χ0v) is 10.1. The number of aliphatic hydroxyl groups excluding tert-OH is 2. The van der Waals surface area contributed by atoms with Gasteiger partial charge in [0.1, 0.15) is 6.10 Å². The molecule has 0 aliphatic carbocycles. The third kappa shape index (κ3) is 2.00. The van der Waals surface area contributed by atoms with E-state index < -0.39 is 29.4 Å². The van der Waals surface area contributed by atoms with Crippen LogP contribution >= 0.6 is 0 Å². The van der Waals surface area contributed by atoms with Crippen LogP contribution in [0.25, 0.3) is 0 Å². The van der Waals surface area contributed by atoms with Gasteiger partial charge in [-0.05, 0) is 6.92 Å². The summed E-state index contributed by atoms with van der Waals surface area (Å²) in [5.74, 6) is -0.440. The monoisotopic (exact) mass is 255 g/mol. The predicted molar refractivity (Wildman–Crippen MR) is 61.8 cm³/mol. The fraction of sp³-hybridized carbons (Fsp3) is 0.545. The lowest BCUT2D eigenvalue weighted by molar-refractivity contribution is -0.000708. The Morgan fingerprint density at radius 3 is 2.72 bits per heavy atom. The number of hydrogen-bond donors (Lipinski definition) is 3. The molecule has 1 fully saturated rings.